The molecule has 2 aromatic rings. The molecule has 4 heteroatoms. The number of hydrogen-bond donors (Lipinski definition) is 1. The van der Waals surface area contributed by atoms with Gasteiger partial charge in [-0.05, 0) is 30.5 Å². The number of nitrogens with zero attached hydrogens (tertiary/aromatic N) is 1. The quantitative estimate of drug-likeness (QED) is 0.796. The zero-order chi connectivity index (χ0) is 17.5. The summed E-state index contributed by atoms with van der Waals surface area (Å²) in [5.74, 6) is 0. The molecule has 0 spiro atoms. The zero-order valence-electron chi connectivity index (χ0n) is 15.5. The monoisotopic (exact) mass is 375 g/mol. The van der Waals surface area contributed by atoms with E-state index in [-0.39, 0.29) is 17.8 Å². The molecule has 1 N–H and O–H groups in total. The van der Waals surface area contributed by atoms with E-state index < -0.39 is 6.10 Å². The number of aliphatic hydroxyl groups is 1. The number of morpholine rings is 1. The predicted octanol–water partition coefficient (Wildman–Crippen LogP) is 3.89. The highest BCUT2D eigenvalue weighted by Gasteiger charge is 2.40. The summed E-state index contributed by atoms with van der Waals surface area (Å²) in [4.78, 5) is 2.45. The first-order valence-electron chi connectivity index (χ1n) is 9.36. The van der Waals surface area contributed by atoms with Crippen LogP contribution in [0.2, 0.25) is 0 Å². The minimum atomic E-state index is -0.418. The van der Waals surface area contributed by atoms with Crippen molar-refractivity contribution in [3.63, 3.8) is 0 Å². The minimum Gasteiger partial charge on any atom is -0.392 e. The van der Waals surface area contributed by atoms with Crippen molar-refractivity contribution in [1.82, 2.24) is 4.90 Å². The van der Waals surface area contributed by atoms with Crippen LogP contribution in [0.1, 0.15) is 30.9 Å². The van der Waals surface area contributed by atoms with Crippen LogP contribution in [0.4, 0.5) is 0 Å². The summed E-state index contributed by atoms with van der Waals surface area (Å²) in [6.07, 6.45) is 1.21. The van der Waals surface area contributed by atoms with E-state index in [2.05, 4.69) is 60.4 Å². The summed E-state index contributed by atoms with van der Waals surface area (Å²) in [6, 6.07) is 21.0. The van der Waals surface area contributed by atoms with Gasteiger partial charge in [0.1, 0.15) is 0 Å². The van der Waals surface area contributed by atoms with Crippen LogP contribution < -0.4 is 0 Å². The molecule has 0 aromatic heterocycles. The van der Waals surface area contributed by atoms with Crippen LogP contribution in [0.5, 0.6) is 0 Å². The molecule has 0 bridgehead atoms. The Kier molecular flexibility index (Phi) is 8.11. The lowest BCUT2D eigenvalue weighted by molar-refractivity contribution is 0.0273. The van der Waals surface area contributed by atoms with Gasteiger partial charge >= 0.3 is 0 Å². The molecule has 3 nitrogen and oxygen atoms in total. The lowest BCUT2D eigenvalue weighted by Crippen LogP contribution is -2.45. The summed E-state index contributed by atoms with van der Waals surface area (Å²) in [5, 5.41) is 11.2. The molecule has 1 heterocycles. The van der Waals surface area contributed by atoms with E-state index in [1.54, 1.807) is 0 Å². The van der Waals surface area contributed by atoms with Crippen LogP contribution in [-0.2, 0) is 10.2 Å². The Morgan fingerprint density at radius 2 is 1.46 bits per heavy atom. The van der Waals surface area contributed by atoms with Crippen molar-refractivity contribution in [3.05, 3.63) is 71.8 Å². The Balaban J connectivity index is 0.00000243. The summed E-state index contributed by atoms with van der Waals surface area (Å²) >= 11 is 0. The second-order valence-electron chi connectivity index (χ2n) is 6.83. The maximum atomic E-state index is 11.2. The third kappa shape index (κ3) is 4.47. The molecule has 0 saturated carbocycles. The van der Waals surface area contributed by atoms with Crippen LogP contribution in [0, 0.1) is 0 Å². The average molecular weight is 376 g/mol. The van der Waals surface area contributed by atoms with Gasteiger partial charge in [0.2, 0.25) is 0 Å². The second kappa shape index (κ2) is 10.1. The average Bonchev–Trinajstić information content (AvgIpc) is 2.70. The first kappa shape index (κ1) is 20.9. The molecule has 3 rings (SSSR count). The topological polar surface area (TPSA) is 32.7 Å². The third-order valence-electron chi connectivity index (χ3n) is 5.46. The van der Waals surface area contributed by atoms with E-state index in [1.165, 1.54) is 11.1 Å². The number of benzene rings is 2. The number of halogens is 1. The van der Waals surface area contributed by atoms with Gasteiger partial charge in [-0.25, -0.2) is 0 Å². The lowest BCUT2D eigenvalue weighted by atomic mass is 9.67. The van der Waals surface area contributed by atoms with Crippen molar-refractivity contribution in [1.29, 1.82) is 0 Å². The molecule has 26 heavy (non-hydrogen) atoms. The van der Waals surface area contributed by atoms with E-state index in [0.717, 1.165) is 45.7 Å². The first-order chi connectivity index (χ1) is 12.3. The Morgan fingerprint density at radius 3 is 1.92 bits per heavy atom. The first-order valence-corrected chi connectivity index (χ1v) is 9.36. The third-order valence-corrected chi connectivity index (χ3v) is 5.46. The van der Waals surface area contributed by atoms with Crippen LogP contribution in [0.3, 0.4) is 0 Å². The summed E-state index contributed by atoms with van der Waals surface area (Å²) in [7, 11) is 0. The number of ether oxygens (including phenoxy) is 1. The van der Waals surface area contributed by atoms with E-state index in [0.29, 0.717) is 0 Å². The molecule has 142 valence electrons. The lowest BCUT2D eigenvalue weighted by Gasteiger charge is -2.41. The molecule has 1 aliphatic heterocycles. The fourth-order valence-electron chi connectivity index (χ4n) is 3.99. The highest BCUT2D eigenvalue weighted by molar-refractivity contribution is 5.85. The van der Waals surface area contributed by atoms with Gasteiger partial charge in [-0.15, -0.1) is 12.4 Å². The maximum Gasteiger partial charge on any atom is 0.0675 e. The van der Waals surface area contributed by atoms with Crippen LogP contribution >= 0.6 is 12.4 Å². The van der Waals surface area contributed by atoms with Gasteiger partial charge in [0.15, 0.2) is 0 Å². The molecular weight excluding hydrogens is 346 g/mol. The summed E-state index contributed by atoms with van der Waals surface area (Å²) in [5.41, 5.74) is 2.02. The van der Waals surface area contributed by atoms with Crippen molar-refractivity contribution in [2.45, 2.75) is 31.3 Å². The van der Waals surface area contributed by atoms with Crippen LogP contribution in [0.25, 0.3) is 0 Å². The molecule has 0 radical (unpaired) electrons. The van der Waals surface area contributed by atoms with Gasteiger partial charge < -0.3 is 9.84 Å². The van der Waals surface area contributed by atoms with Gasteiger partial charge in [0, 0.05) is 18.5 Å². The van der Waals surface area contributed by atoms with Crippen molar-refractivity contribution in [2.75, 3.05) is 32.8 Å². The molecule has 2 aromatic carbocycles. The van der Waals surface area contributed by atoms with Crippen molar-refractivity contribution in [3.8, 4) is 0 Å². The zero-order valence-corrected chi connectivity index (χ0v) is 16.3. The molecule has 0 aliphatic carbocycles. The van der Waals surface area contributed by atoms with E-state index in [4.69, 9.17) is 4.74 Å². The fraction of sp³-hybridized carbons (Fsp3) is 0.455. The normalized spacial score (nSPS) is 16.7. The summed E-state index contributed by atoms with van der Waals surface area (Å²) < 4.78 is 5.48. The molecule has 1 saturated heterocycles. The van der Waals surface area contributed by atoms with Gasteiger partial charge in [-0.2, -0.15) is 0 Å². The Morgan fingerprint density at radius 1 is 0.962 bits per heavy atom. The van der Waals surface area contributed by atoms with Crippen molar-refractivity contribution < 1.29 is 9.84 Å². The van der Waals surface area contributed by atoms with Gasteiger partial charge in [-0.1, -0.05) is 67.6 Å². The van der Waals surface area contributed by atoms with Gasteiger partial charge in [0.25, 0.3) is 0 Å². The van der Waals surface area contributed by atoms with Crippen molar-refractivity contribution in [2.24, 2.45) is 0 Å². The molecule has 1 aliphatic rings. The maximum absolute atomic E-state index is 11.2. The molecule has 1 atom stereocenters. The molecule has 0 amide bonds. The molecular formula is C22H30ClNO2. The Bertz CT molecular complexity index is 590. The minimum absolute atomic E-state index is 0. The number of aliphatic hydroxyl groups excluding tert-OH is 1. The van der Waals surface area contributed by atoms with Crippen molar-refractivity contribution >= 4 is 12.4 Å². The highest BCUT2D eigenvalue weighted by Crippen LogP contribution is 2.40. The summed E-state index contributed by atoms with van der Waals surface area (Å²) in [6.45, 7) is 6.59. The van der Waals surface area contributed by atoms with E-state index >= 15 is 0 Å². The Hall–Kier alpha value is -1.39. The number of rotatable bonds is 7. The van der Waals surface area contributed by atoms with E-state index in [1.807, 2.05) is 12.1 Å². The SMILES string of the molecule is CCC(O)C(CCN1CCOCC1)(c1ccccc1)c1ccccc1.Cl. The largest absolute Gasteiger partial charge is 0.392 e. The molecule has 1 unspecified atom stereocenters. The van der Waals surface area contributed by atoms with E-state index in [9.17, 15) is 5.11 Å². The highest BCUT2D eigenvalue weighted by atomic mass is 35.5. The smallest absolute Gasteiger partial charge is 0.0675 e. The van der Waals surface area contributed by atoms with Crippen LogP contribution in [-0.4, -0.2) is 49.0 Å². The van der Waals surface area contributed by atoms with Crippen LogP contribution in [0.15, 0.2) is 60.7 Å². The number of hydrogen-bond acceptors (Lipinski definition) is 3. The molecule has 1 fully saturated rings. The fourth-order valence-corrected chi connectivity index (χ4v) is 3.99. The standard InChI is InChI=1S/C22H29NO2.ClH/c1-2-21(24)22(19-9-5-3-6-10-19,20-11-7-4-8-12-20)13-14-23-15-17-25-18-16-23;/h3-12,21,24H,2,13-18H2,1H3;1H. The second-order valence-corrected chi connectivity index (χ2v) is 6.83. The van der Waals surface area contributed by atoms with Gasteiger partial charge in [0.05, 0.1) is 19.3 Å². The van der Waals surface area contributed by atoms with Gasteiger partial charge in [-0.3, -0.25) is 4.90 Å². The Labute approximate surface area is 163 Å². The predicted molar refractivity (Wildman–Crippen MR) is 109 cm³/mol.